The topological polar surface area (TPSA) is 18.5 Å². The van der Waals surface area contributed by atoms with E-state index in [-0.39, 0.29) is 0 Å². The number of nitrogens with one attached hydrogen (secondary N) is 1. The van der Waals surface area contributed by atoms with Crippen LogP contribution in [-0.4, -0.2) is 61.7 Å². The Morgan fingerprint density at radius 3 is 2.29 bits per heavy atom. The number of piperazine rings is 1. The maximum Gasteiger partial charge on any atom is 0.0253 e. The number of rotatable bonds is 5. The highest BCUT2D eigenvalue weighted by Gasteiger charge is 2.39. The van der Waals surface area contributed by atoms with Gasteiger partial charge in [-0.25, -0.2) is 0 Å². The van der Waals surface area contributed by atoms with E-state index >= 15 is 0 Å². The van der Waals surface area contributed by atoms with Gasteiger partial charge in [0.05, 0.1) is 0 Å². The molecule has 1 heterocycles. The van der Waals surface area contributed by atoms with Gasteiger partial charge in [-0.1, -0.05) is 34.1 Å². The van der Waals surface area contributed by atoms with E-state index < -0.39 is 0 Å². The second-order valence-corrected chi connectivity index (χ2v) is 7.92. The van der Waals surface area contributed by atoms with E-state index in [0.29, 0.717) is 11.5 Å². The summed E-state index contributed by atoms with van der Waals surface area (Å²) in [5, 5.41) is 3.78. The number of nitrogens with zero attached hydrogens (tertiary/aromatic N) is 2. The standard InChI is InChI=1S/C18H37N3/c1-6-18(3,4)15-8-9-16(19-7-2)17(14-15)21-12-10-20(5)11-13-21/h15-17,19H,6-14H2,1-5H3. The van der Waals surface area contributed by atoms with Crippen molar-refractivity contribution in [1.82, 2.24) is 15.1 Å². The summed E-state index contributed by atoms with van der Waals surface area (Å²) in [6.45, 7) is 15.7. The van der Waals surface area contributed by atoms with E-state index in [0.717, 1.165) is 18.5 Å². The van der Waals surface area contributed by atoms with Gasteiger partial charge in [0.15, 0.2) is 0 Å². The lowest BCUT2D eigenvalue weighted by Gasteiger charge is -2.49. The van der Waals surface area contributed by atoms with Crippen LogP contribution in [0.2, 0.25) is 0 Å². The van der Waals surface area contributed by atoms with Crippen molar-refractivity contribution in [3.63, 3.8) is 0 Å². The molecule has 2 rings (SSSR count). The van der Waals surface area contributed by atoms with Crippen LogP contribution in [0.1, 0.15) is 53.4 Å². The van der Waals surface area contributed by atoms with Crippen LogP contribution < -0.4 is 5.32 Å². The van der Waals surface area contributed by atoms with E-state index in [4.69, 9.17) is 0 Å². The average Bonchev–Trinajstić information content (AvgIpc) is 2.49. The highest BCUT2D eigenvalue weighted by atomic mass is 15.3. The molecule has 3 unspecified atom stereocenters. The molecular formula is C18H37N3. The summed E-state index contributed by atoms with van der Waals surface area (Å²) in [5.74, 6) is 0.891. The fraction of sp³-hybridized carbons (Fsp3) is 1.00. The van der Waals surface area contributed by atoms with Crippen molar-refractivity contribution >= 4 is 0 Å². The van der Waals surface area contributed by atoms with E-state index in [1.807, 2.05) is 0 Å². The summed E-state index contributed by atoms with van der Waals surface area (Å²) < 4.78 is 0. The predicted molar refractivity (Wildman–Crippen MR) is 91.7 cm³/mol. The molecule has 0 bridgehead atoms. The average molecular weight is 296 g/mol. The molecule has 124 valence electrons. The van der Waals surface area contributed by atoms with Gasteiger partial charge in [-0.3, -0.25) is 4.90 Å². The van der Waals surface area contributed by atoms with Gasteiger partial charge in [0.2, 0.25) is 0 Å². The van der Waals surface area contributed by atoms with Crippen LogP contribution in [0, 0.1) is 11.3 Å². The van der Waals surface area contributed by atoms with Gasteiger partial charge in [0, 0.05) is 38.3 Å². The maximum atomic E-state index is 3.78. The highest BCUT2D eigenvalue weighted by molar-refractivity contribution is 4.95. The van der Waals surface area contributed by atoms with E-state index in [1.165, 1.54) is 51.9 Å². The number of likely N-dealkylation sites (N-methyl/N-ethyl adjacent to an activating group) is 2. The molecule has 1 aliphatic carbocycles. The summed E-state index contributed by atoms with van der Waals surface area (Å²) >= 11 is 0. The van der Waals surface area contributed by atoms with E-state index in [2.05, 4.69) is 49.9 Å². The molecule has 0 aromatic heterocycles. The van der Waals surface area contributed by atoms with Gasteiger partial charge in [-0.05, 0) is 44.2 Å². The second kappa shape index (κ2) is 7.43. The van der Waals surface area contributed by atoms with Crippen LogP contribution in [0.5, 0.6) is 0 Å². The maximum absolute atomic E-state index is 3.78. The first-order valence-corrected chi connectivity index (χ1v) is 9.14. The first-order chi connectivity index (χ1) is 9.97. The summed E-state index contributed by atoms with van der Waals surface area (Å²) in [4.78, 5) is 5.25. The molecule has 21 heavy (non-hydrogen) atoms. The van der Waals surface area contributed by atoms with Crippen LogP contribution in [0.15, 0.2) is 0 Å². The van der Waals surface area contributed by atoms with E-state index in [9.17, 15) is 0 Å². The Morgan fingerprint density at radius 2 is 1.71 bits per heavy atom. The van der Waals surface area contributed by atoms with Crippen molar-refractivity contribution in [2.45, 2.75) is 65.5 Å². The molecule has 1 N–H and O–H groups in total. The quantitative estimate of drug-likeness (QED) is 0.841. The zero-order valence-corrected chi connectivity index (χ0v) is 15.0. The predicted octanol–water partition coefficient (Wildman–Crippen LogP) is 2.82. The molecule has 1 aliphatic heterocycles. The molecule has 1 saturated carbocycles. The Kier molecular flexibility index (Phi) is 6.10. The molecule has 3 nitrogen and oxygen atoms in total. The monoisotopic (exact) mass is 295 g/mol. The summed E-state index contributed by atoms with van der Waals surface area (Å²) in [6, 6.07) is 1.46. The normalized spacial score (nSPS) is 33.3. The zero-order chi connectivity index (χ0) is 15.5. The van der Waals surface area contributed by atoms with Crippen LogP contribution in [0.25, 0.3) is 0 Å². The Bertz CT molecular complexity index is 308. The van der Waals surface area contributed by atoms with Crippen LogP contribution in [0.3, 0.4) is 0 Å². The molecule has 3 heteroatoms. The lowest BCUT2D eigenvalue weighted by Crippen LogP contribution is -2.58. The van der Waals surface area contributed by atoms with Crippen LogP contribution in [0.4, 0.5) is 0 Å². The Labute approximate surface area is 132 Å². The molecule has 0 spiro atoms. The third kappa shape index (κ3) is 4.20. The molecule has 2 fully saturated rings. The summed E-state index contributed by atoms with van der Waals surface area (Å²) in [5.41, 5.74) is 0.502. The van der Waals surface area contributed by atoms with Crippen LogP contribution >= 0.6 is 0 Å². The summed E-state index contributed by atoms with van der Waals surface area (Å²) in [7, 11) is 2.25. The van der Waals surface area contributed by atoms with Gasteiger partial charge in [-0.15, -0.1) is 0 Å². The Morgan fingerprint density at radius 1 is 1.05 bits per heavy atom. The summed E-state index contributed by atoms with van der Waals surface area (Å²) in [6.07, 6.45) is 5.46. The highest BCUT2D eigenvalue weighted by Crippen LogP contribution is 2.41. The minimum absolute atomic E-state index is 0.502. The third-order valence-corrected chi connectivity index (χ3v) is 6.31. The lowest BCUT2D eigenvalue weighted by molar-refractivity contribution is 0.0268. The van der Waals surface area contributed by atoms with Crippen LogP contribution in [-0.2, 0) is 0 Å². The lowest BCUT2D eigenvalue weighted by atomic mass is 9.67. The van der Waals surface area contributed by atoms with Crippen molar-refractivity contribution in [2.75, 3.05) is 39.8 Å². The molecule has 0 aromatic carbocycles. The SMILES string of the molecule is CCNC1CCC(C(C)(C)CC)CC1N1CCN(C)CC1. The fourth-order valence-corrected chi connectivity index (χ4v) is 4.20. The Hall–Kier alpha value is -0.120. The van der Waals surface area contributed by atoms with Gasteiger partial charge in [0.25, 0.3) is 0 Å². The molecular weight excluding hydrogens is 258 g/mol. The van der Waals surface area contributed by atoms with Crippen molar-refractivity contribution < 1.29 is 0 Å². The molecule has 0 amide bonds. The number of hydrogen-bond acceptors (Lipinski definition) is 3. The van der Waals surface area contributed by atoms with Gasteiger partial charge in [0.1, 0.15) is 0 Å². The minimum atomic E-state index is 0.502. The molecule has 2 aliphatic rings. The largest absolute Gasteiger partial charge is 0.313 e. The third-order valence-electron chi connectivity index (χ3n) is 6.31. The smallest absolute Gasteiger partial charge is 0.0253 e. The fourth-order valence-electron chi connectivity index (χ4n) is 4.20. The second-order valence-electron chi connectivity index (χ2n) is 7.92. The van der Waals surface area contributed by atoms with E-state index in [1.54, 1.807) is 0 Å². The van der Waals surface area contributed by atoms with Crippen molar-refractivity contribution in [2.24, 2.45) is 11.3 Å². The molecule has 0 aromatic rings. The first-order valence-electron chi connectivity index (χ1n) is 9.14. The Balaban J connectivity index is 2.04. The minimum Gasteiger partial charge on any atom is -0.313 e. The number of hydrogen-bond donors (Lipinski definition) is 1. The molecule has 3 atom stereocenters. The van der Waals surface area contributed by atoms with Crippen molar-refractivity contribution in [3.8, 4) is 0 Å². The molecule has 0 radical (unpaired) electrons. The van der Waals surface area contributed by atoms with Gasteiger partial charge >= 0.3 is 0 Å². The van der Waals surface area contributed by atoms with Gasteiger partial charge < -0.3 is 10.2 Å². The van der Waals surface area contributed by atoms with Crippen molar-refractivity contribution in [3.05, 3.63) is 0 Å². The molecule has 1 saturated heterocycles. The first kappa shape index (κ1) is 17.2. The van der Waals surface area contributed by atoms with Gasteiger partial charge in [-0.2, -0.15) is 0 Å². The van der Waals surface area contributed by atoms with Crippen molar-refractivity contribution in [1.29, 1.82) is 0 Å². The zero-order valence-electron chi connectivity index (χ0n) is 15.0.